The zero-order valence-electron chi connectivity index (χ0n) is 16.5. The van der Waals surface area contributed by atoms with E-state index in [9.17, 15) is 9.59 Å². The molecule has 1 unspecified atom stereocenters. The fourth-order valence-electron chi connectivity index (χ4n) is 3.57. The zero-order chi connectivity index (χ0) is 19.5. The second-order valence-corrected chi connectivity index (χ2v) is 7.88. The Hall–Kier alpha value is -1.39. The number of benzene rings is 1. The third kappa shape index (κ3) is 7.27. The molecule has 27 heavy (non-hydrogen) atoms. The molecule has 0 radical (unpaired) electrons. The molecule has 0 spiro atoms. The lowest BCUT2D eigenvalue weighted by atomic mass is 10.1. The van der Waals surface area contributed by atoms with E-state index in [1.54, 1.807) is 24.3 Å². The number of rotatable bonds is 13. The summed E-state index contributed by atoms with van der Waals surface area (Å²) in [5.74, 6) is -0.336. The first kappa shape index (κ1) is 21.9. The number of amides is 2. The Morgan fingerprint density at radius 1 is 1.00 bits per heavy atom. The maximum Gasteiger partial charge on any atom is 0.251 e. The number of anilines is 1. The summed E-state index contributed by atoms with van der Waals surface area (Å²) >= 11 is 5.98. The molecule has 1 heterocycles. The topological polar surface area (TPSA) is 49.4 Å². The number of nitrogens with zero attached hydrogens (tertiary/aromatic N) is 1. The molecule has 1 aliphatic heterocycles. The van der Waals surface area contributed by atoms with Crippen LogP contribution in [0.15, 0.2) is 24.3 Å². The van der Waals surface area contributed by atoms with E-state index in [0.717, 1.165) is 13.0 Å². The highest BCUT2D eigenvalue weighted by atomic mass is 35.5. The minimum atomic E-state index is -0.407. The van der Waals surface area contributed by atoms with Crippen molar-refractivity contribution in [3.63, 3.8) is 0 Å². The third-order valence-electron chi connectivity index (χ3n) is 5.13. The lowest BCUT2D eigenvalue weighted by molar-refractivity contribution is -0.121. The van der Waals surface area contributed by atoms with Crippen LogP contribution >= 0.6 is 11.6 Å². The molecule has 1 saturated heterocycles. The number of carbonyl (C=O) groups excluding carboxylic acids is 2. The number of unbranched alkanes of at least 4 members (excludes halogenated alkanes) is 9. The van der Waals surface area contributed by atoms with Crippen LogP contribution in [-0.2, 0) is 9.59 Å². The zero-order valence-corrected chi connectivity index (χ0v) is 17.3. The van der Waals surface area contributed by atoms with Crippen LogP contribution in [0.25, 0.3) is 0 Å². The minimum absolute atomic E-state index is 0.164. The second kappa shape index (κ2) is 12.1. The first-order valence-corrected chi connectivity index (χ1v) is 10.9. The molecule has 1 atom stereocenters. The van der Waals surface area contributed by atoms with Gasteiger partial charge in [0.05, 0.1) is 18.2 Å². The van der Waals surface area contributed by atoms with Crippen molar-refractivity contribution in [2.45, 2.75) is 83.6 Å². The van der Waals surface area contributed by atoms with Gasteiger partial charge >= 0.3 is 0 Å². The Balaban J connectivity index is 1.59. The number of halogens is 1. The molecule has 1 fully saturated rings. The fourth-order valence-corrected chi connectivity index (χ4v) is 3.75. The first-order valence-electron chi connectivity index (χ1n) is 10.5. The molecule has 2 rings (SSSR count). The molecule has 2 amide bonds. The Morgan fingerprint density at radius 2 is 1.63 bits per heavy atom. The maximum absolute atomic E-state index is 12.5. The van der Waals surface area contributed by atoms with Gasteiger partial charge < -0.3 is 5.32 Å². The van der Waals surface area contributed by atoms with Crippen molar-refractivity contribution in [3.8, 4) is 0 Å². The van der Waals surface area contributed by atoms with Gasteiger partial charge in [-0.25, -0.2) is 4.90 Å². The van der Waals surface area contributed by atoms with E-state index in [1.807, 2.05) is 0 Å². The standard InChI is InChI=1S/C22H33ClN2O2/c1-2-3-4-5-6-7-8-9-10-11-15-24-20-17-21(26)25(22(20)27)19-14-12-13-18(23)16-19/h12-14,16,20,24H,2-11,15,17H2,1H3. The van der Waals surface area contributed by atoms with Crippen molar-refractivity contribution in [3.05, 3.63) is 29.3 Å². The van der Waals surface area contributed by atoms with Gasteiger partial charge in [0.2, 0.25) is 5.91 Å². The van der Waals surface area contributed by atoms with Gasteiger partial charge in [-0.3, -0.25) is 9.59 Å². The van der Waals surface area contributed by atoms with E-state index in [4.69, 9.17) is 11.6 Å². The van der Waals surface area contributed by atoms with Gasteiger partial charge in [0.1, 0.15) is 0 Å². The molecule has 1 aromatic carbocycles. The van der Waals surface area contributed by atoms with E-state index in [0.29, 0.717) is 10.7 Å². The lowest BCUT2D eigenvalue weighted by Crippen LogP contribution is -2.39. The Kier molecular flexibility index (Phi) is 9.85. The van der Waals surface area contributed by atoms with Crippen molar-refractivity contribution in [1.82, 2.24) is 5.32 Å². The number of nitrogens with one attached hydrogen (secondary N) is 1. The Labute approximate surface area is 168 Å². The Morgan fingerprint density at radius 3 is 2.26 bits per heavy atom. The SMILES string of the molecule is CCCCCCCCCCCCNC1CC(=O)N(c2cccc(Cl)c2)C1=O. The normalized spacial score (nSPS) is 17.1. The van der Waals surface area contributed by atoms with Crippen molar-refractivity contribution in [1.29, 1.82) is 0 Å². The van der Waals surface area contributed by atoms with E-state index >= 15 is 0 Å². The van der Waals surface area contributed by atoms with E-state index < -0.39 is 6.04 Å². The predicted molar refractivity (Wildman–Crippen MR) is 112 cm³/mol. The summed E-state index contributed by atoms with van der Waals surface area (Å²) in [6, 6.07) is 6.48. The molecule has 0 bridgehead atoms. The summed E-state index contributed by atoms with van der Waals surface area (Å²) in [5, 5.41) is 3.78. The van der Waals surface area contributed by atoms with Gasteiger partial charge in [-0.05, 0) is 31.2 Å². The van der Waals surface area contributed by atoms with Gasteiger partial charge in [0.15, 0.2) is 0 Å². The smallest absolute Gasteiger partial charge is 0.251 e. The quantitative estimate of drug-likeness (QED) is 0.357. The van der Waals surface area contributed by atoms with Crippen LogP contribution in [0.3, 0.4) is 0 Å². The summed E-state index contributed by atoms with van der Waals surface area (Å²) in [4.78, 5) is 26.0. The van der Waals surface area contributed by atoms with Crippen molar-refractivity contribution in [2.75, 3.05) is 11.4 Å². The molecule has 5 heteroatoms. The van der Waals surface area contributed by atoms with Crippen molar-refractivity contribution in [2.24, 2.45) is 0 Å². The number of imide groups is 1. The largest absolute Gasteiger partial charge is 0.305 e. The highest BCUT2D eigenvalue weighted by molar-refractivity contribution is 6.31. The summed E-state index contributed by atoms with van der Waals surface area (Å²) < 4.78 is 0. The summed E-state index contributed by atoms with van der Waals surface area (Å²) in [5.41, 5.74) is 0.556. The van der Waals surface area contributed by atoms with Crippen molar-refractivity contribution >= 4 is 29.1 Å². The molecule has 1 aliphatic rings. The minimum Gasteiger partial charge on any atom is -0.305 e. The molecule has 0 aliphatic carbocycles. The molecular formula is C22H33ClN2O2. The van der Waals surface area contributed by atoms with Crippen LogP contribution in [-0.4, -0.2) is 24.4 Å². The molecule has 4 nitrogen and oxygen atoms in total. The van der Waals surface area contributed by atoms with Crippen LogP contribution in [0.2, 0.25) is 5.02 Å². The van der Waals surface area contributed by atoms with Crippen LogP contribution in [0.5, 0.6) is 0 Å². The third-order valence-corrected chi connectivity index (χ3v) is 5.37. The Bertz CT molecular complexity index is 606. The predicted octanol–water partition coefficient (Wildman–Crippen LogP) is 5.48. The maximum atomic E-state index is 12.5. The van der Waals surface area contributed by atoms with Crippen LogP contribution < -0.4 is 10.2 Å². The molecule has 1 N–H and O–H groups in total. The van der Waals surface area contributed by atoms with Gasteiger partial charge in [-0.15, -0.1) is 0 Å². The molecule has 1 aromatic rings. The number of hydrogen-bond donors (Lipinski definition) is 1. The van der Waals surface area contributed by atoms with Gasteiger partial charge in [0.25, 0.3) is 5.91 Å². The monoisotopic (exact) mass is 392 g/mol. The average Bonchev–Trinajstić information content (AvgIpc) is 2.93. The highest BCUT2D eigenvalue weighted by Gasteiger charge is 2.39. The van der Waals surface area contributed by atoms with Crippen molar-refractivity contribution < 1.29 is 9.59 Å². The van der Waals surface area contributed by atoms with Gasteiger partial charge in [-0.2, -0.15) is 0 Å². The molecule has 0 saturated carbocycles. The first-order chi connectivity index (χ1) is 13.1. The van der Waals surface area contributed by atoms with E-state index in [1.165, 1.54) is 62.7 Å². The number of hydrogen-bond acceptors (Lipinski definition) is 3. The molecular weight excluding hydrogens is 360 g/mol. The average molecular weight is 393 g/mol. The molecule has 0 aromatic heterocycles. The molecule has 150 valence electrons. The van der Waals surface area contributed by atoms with Gasteiger partial charge in [-0.1, -0.05) is 82.4 Å². The van der Waals surface area contributed by atoms with E-state index in [-0.39, 0.29) is 18.2 Å². The second-order valence-electron chi connectivity index (χ2n) is 7.44. The van der Waals surface area contributed by atoms with E-state index in [2.05, 4.69) is 12.2 Å². The number of carbonyl (C=O) groups is 2. The highest BCUT2D eigenvalue weighted by Crippen LogP contribution is 2.25. The van der Waals surface area contributed by atoms with Crippen LogP contribution in [0.1, 0.15) is 77.6 Å². The summed E-state index contributed by atoms with van der Waals surface area (Å²) in [6.45, 7) is 3.03. The van der Waals surface area contributed by atoms with Crippen LogP contribution in [0.4, 0.5) is 5.69 Å². The summed E-state index contributed by atoms with van der Waals surface area (Å²) in [7, 11) is 0. The lowest BCUT2D eigenvalue weighted by Gasteiger charge is -2.15. The summed E-state index contributed by atoms with van der Waals surface area (Å²) in [6.07, 6.45) is 13.1. The van der Waals surface area contributed by atoms with Crippen LogP contribution in [0, 0.1) is 0 Å². The van der Waals surface area contributed by atoms with Gasteiger partial charge in [0, 0.05) is 5.02 Å². The fraction of sp³-hybridized carbons (Fsp3) is 0.636.